The molecule has 1 aromatic heterocycles. The molecule has 0 aliphatic rings. The maximum Gasteiger partial charge on any atom is 0.267 e. The van der Waals surface area contributed by atoms with E-state index < -0.39 is 5.82 Å². The Kier molecular flexibility index (Phi) is 3.29. The van der Waals surface area contributed by atoms with E-state index in [0.717, 1.165) is 5.01 Å². The highest BCUT2D eigenvalue weighted by atomic mass is 32.1. The lowest BCUT2D eigenvalue weighted by Gasteiger charge is -2.05. The number of nitrogen functional groups attached to an aromatic ring is 1. The SMILES string of the molecule is Cc1nc(C)c(C(=O)Nc2ccc(N)c(F)c2)s1. The predicted molar refractivity (Wildman–Crippen MR) is 70.4 cm³/mol. The van der Waals surface area contributed by atoms with Gasteiger partial charge in [-0.1, -0.05) is 0 Å². The second-order valence-electron chi connectivity index (χ2n) is 3.84. The Morgan fingerprint density at radius 2 is 2.17 bits per heavy atom. The quantitative estimate of drug-likeness (QED) is 0.820. The second kappa shape index (κ2) is 4.73. The largest absolute Gasteiger partial charge is 0.396 e. The minimum absolute atomic E-state index is 0.0535. The molecule has 1 heterocycles. The van der Waals surface area contributed by atoms with Crippen LogP contribution in [0.15, 0.2) is 18.2 Å². The molecule has 2 aromatic rings. The fraction of sp³-hybridized carbons (Fsp3) is 0.167. The number of hydrogen-bond acceptors (Lipinski definition) is 4. The number of nitrogens with one attached hydrogen (secondary N) is 1. The summed E-state index contributed by atoms with van der Waals surface area (Å²) in [5.41, 5.74) is 6.46. The number of nitrogens with two attached hydrogens (primary N) is 1. The van der Waals surface area contributed by atoms with Gasteiger partial charge in [-0.2, -0.15) is 0 Å². The molecule has 94 valence electrons. The molecule has 0 radical (unpaired) electrons. The van der Waals surface area contributed by atoms with Crippen molar-refractivity contribution in [2.45, 2.75) is 13.8 Å². The van der Waals surface area contributed by atoms with Gasteiger partial charge in [-0.25, -0.2) is 9.37 Å². The van der Waals surface area contributed by atoms with E-state index >= 15 is 0 Å². The van der Waals surface area contributed by atoms with Crippen LogP contribution in [0.25, 0.3) is 0 Å². The third-order valence-corrected chi connectivity index (χ3v) is 3.44. The molecule has 1 aromatic carbocycles. The second-order valence-corrected chi connectivity index (χ2v) is 5.04. The third-order valence-electron chi connectivity index (χ3n) is 2.37. The molecule has 0 aliphatic heterocycles. The number of anilines is 2. The monoisotopic (exact) mass is 265 g/mol. The first kappa shape index (κ1) is 12.5. The standard InChI is InChI=1S/C12H12FN3OS/c1-6-11(18-7(2)15-6)12(17)16-8-3-4-10(14)9(13)5-8/h3-5H,14H2,1-2H3,(H,16,17). The average molecular weight is 265 g/mol. The Morgan fingerprint density at radius 1 is 1.44 bits per heavy atom. The van der Waals surface area contributed by atoms with Crippen LogP contribution in [-0.4, -0.2) is 10.9 Å². The van der Waals surface area contributed by atoms with Gasteiger partial charge < -0.3 is 11.1 Å². The lowest BCUT2D eigenvalue weighted by Crippen LogP contribution is -2.11. The average Bonchev–Trinajstić information content (AvgIpc) is 2.63. The zero-order valence-electron chi connectivity index (χ0n) is 9.95. The van der Waals surface area contributed by atoms with E-state index in [1.165, 1.54) is 23.5 Å². The Balaban J connectivity index is 2.21. The summed E-state index contributed by atoms with van der Waals surface area (Å²) >= 11 is 1.31. The minimum Gasteiger partial charge on any atom is -0.396 e. The summed E-state index contributed by atoms with van der Waals surface area (Å²) < 4.78 is 13.2. The van der Waals surface area contributed by atoms with Crippen molar-refractivity contribution in [3.63, 3.8) is 0 Å². The number of nitrogens with zero attached hydrogens (tertiary/aromatic N) is 1. The molecular formula is C12H12FN3OS. The van der Waals surface area contributed by atoms with Crippen LogP contribution in [0.5, 0.6) is 0 Å². The summed E-state index contributed by atoms with van der Waals surface area (Å²) in [6, 6.07) is 4.16. The van der Waals surface area contributed by atoms with Gasteiger partial charge in [0, 0.05) is 5.69 Å². The van der Waals surface area contributed by atoms with Crippen LogP contribution in [0.1, 0.15) is 20.4 Å². The van der Waals surface area contributed by atoms with Gasteiger partial charge in [0.25, 0.3) is 5.91 Å². The number of hydrogen-bond donors (Lipinski definition) is 2. The number of aromatic nitrogens is 1. The first-order valence-electron chi connectivity index (χ1n) is 5.28. The van der Waals surface area contributed by atoms with Crippen molar-refractivity contribution in [3.05, 3.63) is 39.6 Å². The number of benzene rings is 1. The molecule has 0 saturated heterocycles. The molecule has 0 spiro atoms. The van der Waals surface area contributed by atoms with E-state index in [1.54, 1.807) is 13.0 Å². The van der Waals surface area contributed by atoms with Gasteiger partial charge >= 0.3 is 0 Å². The van der Waals surface area contributed by atoms with Gasteiger partial charge in [-0.05, 0) is 32.0 Å². The van der Waals surface area contributed by atoms with Crippen molar-refractivity contribution in [1.29, 1.82) is 0 Å². The maximum absolute atomic E-state index is 13.2. The highest BCUT2D eigenvalue weighted by molar-refractivity contribution is 7.13. The predicted octanol–water partition coefficient (Wildman–Crippen LogP) is 2.73. The summed E-state index contributed by atoms with van der Waals surface area (Å²) in [7, 11) is 0. The Bertz CT molecular complexity index is 609. The molecule has 0 aliphatic carbocycles. The number of amides is 1. The van der Waals surface area contributed by atoms with Crippen LogP contribution in [0.2, 0.25) is 0 Å². The van der Waals surface area contributed by atoms with Crippen LogP contribution in [-0.2, 0) is 0 Å². The van der Waals surface area contributed by atoms with E-state index in [4.69, 9.17) is 5.73 Å². The van der Waals surface area contributed by atoms with Crippen molar-refractivity contribution < 1.29 is 9.18 Å². The molecule has 1 amide bonds. The number of thiazole rings is 1. The lowest BCUT2D eigenvalue weighted by molar-refractivity contribution is 0.103. The molecule has 18 heavy (non-hydrogen) atoms. The first-order chi connectivity index (χ1) is 8.47. The molecule has 3 N–H and O–H groups in total. The van der Waals surface area contributed by atoms with E-state index in [-0.39, 0.29) is 11.6 Å². The molecule has 0 fully saturated rings. The molecule has 0 saturated carbocycles. The van der Waals surface area contributed by atoms with Crippen LogP contribution in [0, 0.1) is 19.7 Å². The lowest BCUT2D eigenvalue weighted by atomic mass is 10.2. The topological polar surface area (TPSA) is 68.0 Å². The fourth-order valence-electron chi connectivity index (χ4n) is 1.53. The summed E-state index contributed by atoms with van der Waals surface area (Å²) in [4.78, 5) is 16.7. The van der Waals surface area contributed by atoms with E-state index in [9.17, 15) is 9.18 Å². The van der Waals surface area contributed by atoms with Crippen molar-refractivity contribution in [3.8, 4) is 0 Å². The molecule has 0 atom stereocenters. The summed E-state index contributed by atoms with van der Waals surface area (Å²) in [6.07, 6.45) is 0. The van der Waals surface area contributed by atoms with Gasteiger partial charge in [-0.3, -0.25) is 4.79 Å². The number of carbonyl (C=O) groups is 1. The van der Waals surface area contributed by atoms with Crippen LogP contribution in [0.4, 0.5) is 15.8 Å². The number of carbonyl (C=O) groups excluding carboxylic acids is 1. The summed E-state index contributed by atoms with van der Waals surface area (Å²) in [6.45, 7) is 3.60. The zero-order chi connectivity index (χ0) is 13.3. The first-order valence-corrected chi connectivity index (χ1v) is 6.09. The van der Waals surface area contributed by atoms with Crippen molar-refractivity contribution in [2.75, 3.05) is 11.1 Å². The Hall–Kier alpha value is -1.95. The highest BCUT2D eigenvalue weighted by Gasteiger charge is 2.14. The highest BCUT2D eigenvalue weighted by Crippen LogP contribution is 2.20. The van der Waals surface area contributed by atoms with Crippen molar-refractivity contribution in [2.24, 2.45) is 0 Å². The van der Waals surface area contributed by atoms with Crippen molar-refractivity contribution >= 4 is 28.6 Å². The molecule has 0 bridgehead atoms. The van der Waals surface area contributed by atoms with Gasteiger partial charge in [0.1, 0.15) is 10.7 Å². The maximum atomic E-state index is 13.2. The molecular weight excluding hydrogens is 253 g/mol. The molecule has 0 unspecified atom stereocenters. The van der Waals surface area contributed by atoms with Crippen LogP contribution >= 0.6 is 11.3 Å². The van der Waals surface area contributed by atoms with Gasteiger partial charge in [-0.15, -0.1) is 11.3 Å². The Labute approximate surface area is 108 Å². The molecule has 4 nitrogen and oxygen atoms in total. The third kappa shape index (κ3) is 2.48. The van der Waals surface area contributed by atoms with E-state index in [1.807, 2.05) is 6.92 Å². The number of halogens is 1. The van der Waals surface area contributed by atoms with E-state index in [2.05, 4.69) is 10.3 Å². The van der Waals surface area contributed by atoms with Gasteiger partial charge in [0.2, 0.25) is 0 Å². The minimum atomic E-state index is -0.551. The zero-order valence-corrected chi connectivity index (χ0v) is 10.8. The van der Waals surface area contributed by atoms with Gasteiger partial charge in [0.15, 0.2) is 0 Å². The fourth-order valence-corrected chi connectivity index (χ4v) is 2.35. The Morgan fingerprint density at radius 3 is 2.72 bits per heavy atom. The molecule has 6 heteroatoms. The number of aryl methyl sites for hydroxylation is 2. The summed E-state index contributed by atoms with van der Waals surface area (Å²) in [5, 5.41) is 3.44. The number of rotatable bonds is 2. The van der Waals surface area contributed by atoms with Gasteiger partial charge in [0.05, 0.1) is 16.4 Å². The van der Waals surface area contributed by atoms with Crippen LogP contribution < -0.4 is 11.1 Å². The molecule has 2 rings (SSSR count). The summed E-state index contributed by atoms with van der Waals surface area (Å²) in [5.74, 6) is -0.840. The van der Waals surface area contributed by atoms with Crippen LogP contribution in [0.3, 0.4) is 0 Å². The van der Waals surface area contributed by atoms with Crippen molar-refractivity contribution in [1.82, 2.24) is 4.98 Å². The smallest absolute Gasteiger partial charge is 0.267 e. The van der Waals surface area contributed by atoms with E-state index in [0.29, 0.717) is 16.3 Å². The normalized spacial score (nSPS) is 10.4.